The number of hydrogen-bond acceptors (Lipinski definition) is 2. The van der Waals surface area contributed by atoms with E-state index in [0.717, 1.165) is 12.8 Å². The summed E-state index contributed by atoms with van der Waals surface area (Å²) in [4.78, 5) is 0. The molecule has 2 rings (SSSR count). The molecular formula is C12H17NO. The number of aliphatic hydroxyl groups is 1. The first kappa shape index (κ1) is 9.69. The van der Waals surface area contributed by atoms with Crippen LogP contribution in [0.5, 0.6) is 0 Å². The van der Waals surface area contributed by atoms with Crippen molar-refractivity contribution in [1.29, 1.82) is 0 Å². The lowest BCUT2D eigenvalue weighted by molar-refractivity contribution is 0.136. The first-order valence-electron chi connectivity index (χ1n) is 5.29. The Morgan fingerprint density at radius 2 is 2.21 bits per heavy atom. The molecule has 1 aliphatic rings. The Balaban J connectivity index is 2.17. The molecule has 1 aromatic rings. The van der Waals surface area contributed by atoms with Gasteiger partial charge in [-0.2, -0.15) is 0 Å². The zero-order valence-electron chi connectivity index (χ0n) is 8.32. The number of benzene rings is 1. The van der Waals surface area contributed by atoms with Crippen molar-refractivity contribution in [2.45, 2.75) is 31.3 Å². The van der Waals surface area contributed by atoms with Crippen molar-refractivity contribution < 1.29 is 5.11 Å². The molecule has 76 valence electrons. The highest BCUT2D eigenvalue weighted by Gasteiger charge is 2.27. The average Bonchev–Trinajstić information content (AvgIpc) is 2.61. The maximum absolute atomic E-state index is 9.92. The molecule has 0 aliphatic heterocycles. The summed E-state index contributed by atoms with van der Waals surface area (Å²) in [5, 5.41) is 9.92. The fraction of sp³-hybridized carbons (Fsp3) is 0.500. The Morgan fingerprint density at radius 1 is 1.43 bits per heavy atom. The van der Waals surface area contributed by atoms with Crippen molar-refractivity contribution in [3.05, 3.63) is 35.4 Å². The molecule has 2 nitrogen and oxygen atoms in total. The predicted octanol–water partition coefficient (Wildman–Crippen LogP) is 1.43. The molecule has 1 unspecified atom stereocenters. The minimum absolute atomic E-state index is 0.261. The Bertz CT molecular complexity index is 311. The summed E-state index contributed by atoms with van der Waals surface area (Å²) in [6, 6.07) is 8.40. The van der Waals surface area contributed by atoms with E-state index in [-0.39, 0.29) is 6.10 Å². The van der Waals surface area contributed by atoms with E-state index in [2.05, 4.69) is 18.2 Å². The normalized spacial score (nSPS) is 22.0. The highest BCUT2D eigenvalue weighted by Crippen LogP contribution is 2.35. The van der Waals surface area contributed by atoms with Gasteiger partial charge in [-0.1, -0.05) is 24.3 Å². The van der Waals surface area contributed by atoms with Crippen LogP contribution in [0.3, 0.4) is 0 Å². The summed E-state index contributed by atoms with van der Waals surface area (Å²) in [6.07, 6.45) is 2.62. The van der Waals surface area contributed by atoms with Gasteiger partial charge < -0.3 is 10.8 Å². The largest absolute Gasteiger partial charge is 0.392 e. The highest BCUT2D eigenvalue weighted by molar-refractivity contribution is 5.35. The van der Waals surface area contributed by atoms with Crippen LogP contribution in [-0.2, 0) is 6.42 Å². The smallest absolute Gasteiger partial charge is 0.0620 e. The third-order valence-electron chi connectivity index (χ3n) is 3.11. The summed E-state index contributed by atoms with van der Waals surface area (Å²) in [5.41, 5.74) is 8.18. The number of aliphatic hydroxyl groups excluding tert-OH is 1. The van der Waals surface area contributed by atoms with Crippen LogP contribution in [0.2, 0.25) is 0 Å². The molecular weight excluding hydrogens is 174 g/mol. The molecule has 0 heterocycles. The van der Waals surface area contributed by atoms with Gasteiger partial charge in [0.2, 0.25) is 0 Å². The SMILES string of the molecule is NCC[C@@H](O)C1CCc2ccccc21. The first-order valence-corrected chi connectivity index (χ1v) is 5.29. The predicted molar refractivity (Wildman–Crippen MR) is 57.2 cm³/mol. The number of rotatable bonds is 3. The van der Waals surface area contributed by atoms with Gasteiger partial charge in [0.15, 0.2) is 0 Å². The molecule has 1 aromatic carbocycles. The highest BCUT2D eigenvalue weighted by atomic mass is 16.3. The summed E-state index contributed by atoms with van der Waals surface area (Å²) >= 11 is 0. The number of hydrogen-bond donors (Lipinski definition) is 2. The van der Waals surface area contributed by atoms with Crippen molar-refractivity contribution in [3.63, 3.8) is 0 Å². The van der Waals surface area contributed by atoms with Gasteiger partial charge in [-0.3, -0.25) is 0 Å². The van der Waals surface area contributed by atoms with Gasteiger partial charge in [0, 0.05) is 5.92 Å². The van der Waals surface area contributed by atoms with E-state index in [1.165, 1.54) is 11.1 Å². The minimum atomic E-state index is -0.261. The van der Waals surface area contributed by atoms with Crippen molar-refractivity contribution in [2.24, 2.45) is 5.73 Å². The maximum Gasteiger partial charge on any atom is 0.0620 e. The van der Waals surface area contributed by atoms with Crippen molar-refractivity contribution >= 4 is 0 Å². The van der Waals surface area contributed by atoms with E-state index >= 15 is 0 Å². The fourth-order valence-electron chi connectivity index (χ4n) is 2.36. The van der Waals surface area contributed by atoms with Crippen LogP contribution in [0.4, 0.5) is 0 Å². The molecule has 0 radical (unpaired) electrons. The molecule has 0 bridgehead atoms. The van der Waals surface area contributed by atoms with Gasteiger partial charge in [-0.15, -0.1) is 0 Å². The van der Waals surface area contributed by atoms with Crippen molar-refractivity contribution in [3.8, 4) is 0 Å². The Morgan fingerprint density at radius 3 is 3.00 bits per heavy atom. The topological polar surface area (TPSA) is 46.2 Å². The summed E-state index contributed by atoms with van der Waals surface area (Å²) in [6.45, 7) is 0.569. The molecule has 0 spiro atoms. The molecule has 3 N–H and O–H groups in total. The minimum Gasteiger partial charge on any atom is -0.392 e. The second kappa shape index (κ2) is 4.11. The van der Waals surface area contributed by atoms with E-state index < -0.39 is 0 Å². The van der Waals surface area contributed by atoms with Crippen molar-refractivity contribution in [2.75, 3.05) is 6.54 Å². The first-order chi connectivity index (χ1) is 6.83. The second-order valence-corrected chi connectivity index (χ2v) is 3.99. The lowest BCUT2D eigenvalue weighted by atomic mass is 9.93. The summed E-state index contributed by atoms with van der Waals surface area (Å²) in [7, 11) is 0. The van der Waals surface area contributed by atoms with Crippen LogP contribution in [0, 0.1) is 0 Å². The molecule has 0 amide bonds. The van der Waals surface area contributed by atoms with E-state index in [9.17, 15) is 5.11 Å². The van der Waals surface area contributed by atoms with Gasteiger partial charge in [0.25, 0.3) is 0 Å². The van der Waals surface area contributed by atoms with Crippen LogP contribution in [0.1, 0.15) is 29.9 Å². The van der Waals surface area contributed by atoms with E-state index in [0.29, 0.717) is 18.9 Å². The van der Waals surface area contributed by atoms with Gasteiger partial charge in [-0.25, -0.2) is 0 Å². The summed E-state index contributed by atoms with van der Waals surface area (Å²) < 4.78 is 0. The Kier molecular flexibility index (Phi) is 2.85. The number of nitrogens with two attached hydrogens (primary N) is 1. The third kappa shape index (κ3) is 1.68. The second-order valence-electron chi connectivity index (χ2n) is 3.99. The molecule has 2 heteroatoms. The van der Waals surface area contributed by atoms with Gasteiger partial charge in [0.05, 0.1) is 6.10 Å². The zero-order valence-corrected chi connectivity index (χ0v) is 8.32. The Labute approximate surface area is 84.7 Å². The molecule has 1 aliphatic carbocycles. The lowest BCUT2D eigenvalue weighted by Crippen LogP contribution is -2.20. The molecule has 0 aromatic heterocycles. The van der Waals surface area contributed by atoms with Crippen molar-refractivity contribution in [1.82, 2.24) is 0 Å². The number of aryl methyl sites for hydroxylation is 1. The molecule has 0 saturated carbocycles. The maximum atomic E-state index is 9.92. The molecule has 0 saturated heterocycles. The quantitative estimate of drug-likeness (QED) is 0.759. The molecule has 2 atom stereocenters. The van der Waals surface area contributed by atoms with E-state index in [4.69, 9.17) is 5.73 Å². The number of fused-ring (bicyclic) bond motifs is 1. The van der Waals surface area contributed by atoms with Gasteiger partial charge in [-0.05, 0) is 36.9 Å². The van der Waals surface area contributed by atoms with E-state index in [1.807, 2.05) is 6.07 Å². The third-order valence-corrected chi connectivity index (χ3v) is 3.11. The standard InChI is InChI=1S/C12H17NO/c13-8-7-12(14)11-6-5-9-3-1-2-4-10(9)11/h1-4,11-12,14H,5-8,13H2/t11?,12-/m1/s1. The fourth-order valence-corrected chi connectivity index (χ4v) is 2.36. The van der Waals surface area contributed by atoms with E-state index in [1.54, 1.807) is 0 Å². The lowest BCUT2D eigenvalue weighted by Gasteiger charge is -2.18. The van der Waals surface area contributed by atoms with Gasteiger partial charge >= 0.3 is 0 Å². The monoisotopic (exact) mass is 191 g/mol. The average molecular weight is 191 g/mol. The van der Waals surface area contributed by atoms with Crippen LogP contribution in [-0.4, -0.2) is 17.8 Å². The molecule has 14 heavy (non-hydrogen) atoms. The van der Waals surface area contributed by atoms with Crippen LogP contribution < -0.4 is 5.73 Å². The van der Waals surface area contributed by atoms with Crippen LogP contribution in [0.25, 0.3) is 0 Å². The molecule has 0 fully saturated rings. The van der Waals surface area contributed by atoms with Gasteiger partial charge in [0.1, 0.15) is 0 Å². The Hall–Kier alpha value is -0.860. The summed E-state index contributed by atoms with van der Waals surface area (Å²) in [5.74, 6) is 0.315. The van der Waals surface area contributed by atoms with Crippen LogP contribution >= 0.6 is 0 Å². The zero-order chi connectivity index (χ0) is 9.97. The van der Waals surface area contributed by atoms with Crippen LogP contribution in [0.15, 0.2) is 24.3 Å².